The fourth-order valence-corrected chi connectivity index (χ4v) is 2.05. The maximum absolute atomic E-state index is 5.83. The Kier molecular flexibility index (Phi) is 2.93. The lowest BCUT2D eigenvalue weighted by Gasteiger charge is -2.11. The summed E-state index contributed by atoms with van der Waals surface area (Å²) in [7, 11) is 1.68. The van der Waals surface area contributed by atoms with E-state index in [0.717, 1.165) is 23.2 Å². The normalized spacial score (nSPS) is 14.3. The molecule has 0 aliphatic heterocycles. The van der Waals surface area contributed by atoms with Gasteiger partial charge in [-0.2, -0.15) is 0 Å². The summed E-state index contributed by atoms with van der Waals surface area (Å²) >= 11 is 0. The van der Waals surface area contributed by atoms with Crippen molar-refractivity contribution in [2.45, 2.75) is 18.8 Å². The predicted molar refractivity (Wildman–Crippen MR) is 71.5 cm³/mol. The standard InChI is InChI=1S/C16H16O2/c1-17-16-11-13(12-7-8-12)9-10-15(16)18-14-5-3-2-4-6-14/h2-6,9-12H,7-8H2,1H3. The molecule has 0 radical (unpaired) electrons. The van der Waals surface area contributed by atoms with E-state index in [1.807, 2.05) is 36.4 Å². The Balaban J connectivity index is 1.87. The van der Waals surface area contributed by atoms with E-state index in [1.165, 1.54) is 18.4 Å². The fourth-order valence-electron chi connectivity index (χ4n) is 2.05. The van der Waals surface area contributed by atoms with Crippen LogP contribution in [0, 0.1) is 0 Å². The SMILES string of the molecule is COc1cc(C2CC2)ccc1Oc1ccccc1. The Labute approximate surface area is 107 Å². The Morgan fingerprint density at radius 1 is 0.944 bits per heavy atom. The van der Waals surface area contributed by atoms with Gasteiger partial charge in [-0.3, -0.25) is 0 Å². The molecule has 2 aromatic carbocycles. The van der Waals surface area contributed by atoms with Crippen molar-refractivity contribution >= 4 is 0 Å². The summed E-state index contributed by atoms with van der Waals surface area (Å²) < 4.78 is 11.2. The van der Waals surface area contributed by atoms with Crippen molar-refractivity contribution in [3.8, 4) is 17.2 Å². The van der Waals surface area contributed by atoms with Gasteiger partial charge in [0.15, 0.2) is 11.5 Å². The van der Waals surface area contributed by atoms with Crippen LogP contribution in [0.5, 0.6) is 17.2 Å². The van der Waals surface area contributed by atoms with E-state index >= 15 is 0 Å². The van der Waals surface area contributed by atoms with Gasteiger partial charge in [0.05, 0.1) is 7.11 Å². The second-order valence-corrected chi connectivity index (χ2v) is 4.60. The Morgan fingerprint density at radius 3 is 2.39 bits per heavy atom. The highest BCUT2D eigenvalue weighted by Crippen LogP contribution is 2.43. The van der Waals surface area contributed by atoms with Crippen LogP contribution in [0.3, 0.4) is 0 Å². The van der Waals surface area contributed by atoms with Crippen LogP contribution in [0.4, 0.5) is 0 Å². The van der Waals surface area contributed by atoms with Gasteiger partial charge in [-0.25, -0.2) is 0 Å². The average molecular weight is 240 g/mol. The van der Waals surface area contributed by atoms with Crippen LogP contribution >= 0.6 is 0 Å². The van der Waals surface area contributed by atoms with Crippen LogP contribution in [0.1, 0.15) is 24.3 Å². The third kappa shape index (κ3) is 2.33. The molecule has 0 spiro atoms. The summed E-state index contributed by atoms with van der Waals surface area (Å²) in [6.07, 6.45) is 2.59. The molecule has 0 N–H and O–H groups in total. The number of ether oxygens (including phenoxy) is 2. The summed E-state index contributed by atoms with van der Waals surface area (Å²) in [6.45, 7) is 0. The van der Waals surface area contributed by atoms with Gasteiger partial charge in [0, 0.05) is 0 Å². The minimum atomic E-state index is 0.727. The maximum atomic E-state index is 5.83. The molecule has 0 bridgehead atoms. The van der Waals surface area contributed by atoms with Crippen molar-refractivity contribution in [1.29, 1.82) is 0 Å². The zero-order valence-corrected chi connectivity index (χ0v) is 10.4. The molecule has 1 aliphatic rings. The first-order chi connectivity index (χ1) is 8.86. The maximum Gasteiger partial charge on any atom is 0.169 e. The number of benzene rings is 2. The lowest BCUT2D eigenvalue weighted by atomic mass is 10.1. The third-order valence-corrected chi connectivity index (χ3v) is 3.21. The van der Waals surface area contributed by atoms with E-state index in [1.54, 1.807) is 7.11 Å². The van der Waals surface area contributed by atoms with E-state index in [4.69, 9.17) is 9.47 Å². The number of rotatable bonds is 4. The minimum Gasteiger partial charge on any atom is -0.493 e. The largest absolute Gasteiger partial charge is 0.493 e. The van der Waals surface area contributed by atoms with Crippen molar-refractivity contribution in [3.63, 3.8) is 0 Å². The van der Waals surface area contributed by atoms with Crippen LogP contribution in [0.25, 0.3) is 0 Å². The van der Waals surface area contributed by atoms with Crippen LogP contribution in [-0.4, -0.2) is 7.11 Å². The molecule has 0 saturated heterocycles. The van der Waals surface area contributed by atoms with Gasteiger partial charge < -0.3 is 9.47 Å². The fraction of sp³-hybridized carbons (Fsp3) is 0.250. The Bertz CT molecular complexity index is 530. The lowest BCUT2D eigenvalue weighted by Crippen LogP contribution is -1.91. The molecule has 1 aliphatic carbocycles. The van der Waals surface area contributed by atoms with Crippen molar-refractivity contribution in [2.24, 2.45) is 0 Å². The summed E-state index contributed by atoms with van der Waals surface area (Å²) in [4.78, 5) is 0. The Morgan fingerprint density at radius 2 is 1.72 bits per heavy atom. The van der Waals surface area contributed by atoms with E-state index in [-0.39, 0.29) is 0 Å². The topological polar surface area (TPSA) is 18.5 Å². The van der Waals surface area contributed by atoms with Gasteiger partial charge in [-0.1, -0.05) is 24.3 Å². The molecular weight excluding hydrogens is 224 g/mol. The molecule has 92 valence electrons. The highest BCUT2D eigenvalue weighted by molar-refractivity contribution is 5.46. The molecule has 0 aromatic heterocycles. The number of para-hydroxylation sites is 1. The van der Waals surface area contributed by atoms with Crippen LogP contribution in [0.15, 0.2) is 48.5 Å². The molecule has 0 unspecified atom stereocenters. The first-order valence-electron chi connectivity index (χ1n) is 6.27. The van der Waals surface area contributed by atoms with Gasteiger partial charge >= 0.3 is 0 Å². The monoisotopic (exact) mass is 240 g/mol. The van der Waals surface area contributed by atoms with E-state index in [9.17, 15) is 0 Å². The highest BCUT2D eigenvalue weighted by Gasteiger charge is 2.24. The number of hydrogen-bond donors (Lipinski definition) is 0. The van der Waals surface area contributed by atoms with E-state index < -0.39 is 0 Å². The Hall–Kier alpha value is -1.96. The molecule has 2 heteroatoms. The third-order valence-electron chi connectivity index (χ3n) is 3.21. The first kappa shape index (κ1) is 11.1. The quantitative estimate of drug-likeness (QED) is 0.790. The average Bonchev–Trinajstić information content (AvgIpc) is 3.25. The molecule has 1 fully saturated rings. The van der Waals surface area contributed by atoms with Gasteiger partial charge in [0.25, 0.3) is 0 Å². The second-order valence-electron chi connectivity index (χ2n) is 4.60. The first-order valence-corrected chi connectivity index (χ1v) is 6.27. The molecule has 2 nitrogen and oxygen atoms in total. The van der Waals surface area contributed by atoms with Gasteiger partial charge in [-0.15, -0.1) is 0 Å². The summed E-state index contributed by atoms with van der Waals surface area (Å²) in [5.74, 6) is 3.14. The summed E-state index contributed by atoms with van der Waals surface area (Å²) in [5.41, 5.74) is 1.35. The molecule has 18 heavy (non-hydrogen) atoms. The highest BCUT2D eigenvalue weighted by atomic mass is 16.5. The van der Waals surface area contributed by atoms with Crippen molar-refractivity contribution in [1.82, 2.24) is 0 Å². The molecule has 1 saturated carbocycles. The van der Waals surface area contributed by atoms with Crippen molar-refractivity contribution < 1.29 is 9.47 Å². The van der Waals surface area contributed by atoms with Gasteiger partial charge in [0.2, 0.25) is 0 Å². The lowest BCUT2D eigenvalue weighted by molar-refractivity contribution is 0.378. The second kappa shape index (κ2) is 4.73. The minimum absolute atomic E-state index is 0.727. The molecule has 2 aromatic rings. The number of methoxy groups -OCH3 is 1. The van der Waals surface area contributed by atoms with Crippen molar-refractivity contribution in [2.75, 3.05) is 7.11 Å². The van der Waals surface area contributed by atoms with Crippen molar-refractivity contribution in [3.05, 3.63) is 54.1 Å². The number of hydrogen-bond acceptors (Lipinski definition) is 2. The van der Waals surface area contributed by atoms with Gasteiger partial charge in [0.1, 0.15) is 5.75 Å². The summed E-state index contributed by atoms with van der Waals surface area (Å²) in [5, 5.41) is 0. The zero-order chi connectivity index (χ0) is 12.4. The molecular formula is C16H16O2. The smallest absolute Gasteiger partial charge is 0.169 e. The zero-order valence-electron chi connectivity index (χ0n) is 10.4. The van der Waals surface area contributed by atoms with Crippen LogP contribution in [-0.2, 0) is 0 Å². The summed E-state index contributed by atoms with van der Waals surface area (Å²) in [6, 6.07) is 16.0. The van der Waals surface area contributed by atoms with E-state index in [2.05, 4.69) is 12.1 Å². The van der Waals surface area contributed by atoms with E-state index in [0.29, 0.717) is 0 Å². The molecule has 0 heterocycles. The molecule has 0 amide bonds. The van der Waals surface area contributed by atoms with Crippen LogP contribution in [0.2, 0.25) is 0 Å². The molecule has 0 atom stereocenters. The molecule has 3 rings (SSSR count). The van der Waals surface area contributed by atoms with Crippen LogP contribution < -0.4 is 9.47 Å². The predicted octanol–water partition coefficient (Wildman–Crippen LogP) is 4.36. The van der Waals surface area contributed by atoms with Gasteiger partial charge in [-0.05, 0) is 48.6 Å².